The van der Waals surface area contributed by atoms with E-state index in [4.69, 9.17) is 4.74 Å². The molecule has 0 spiro atoms. The Hall–Kier alpha value is -2.63. The number of ether oxygens (including phenoxy) is 1. The second-order valence-corrected chi connectivity index (χ2v) is 5.52. The van der Waals surface area contributed by atoms with Crippen molar-refractivity contribution in [2.24, 2.45) is 5.92 Å². The molecule has 2 aromatic rings. The molecule has 24 heavy (non-hydrogen) atoms. The molecule has 1 aromatic carbocycles. The number of pyridine rings is 1. The van der Waals surface area contributed by atoms with Gasteiger partial charge in [0.1, 0.15) is 0 Å². The molecule has 1 aliphatic carbocycles. The van der Waals surface area contributed by atoms with Crippen LogP contribution < -0.4 is 4.74 Å². The van der Waals surface area contributed by atoms with E-state index in [1.54, 1.807) is 6.07 Å². The zero-order valence-corrected chi connectivity index (χ0v) is 12.6. The maximum atomic E-state index is 14.0. The molecule has 0 bridgehead atoms. The van der Waals surface area contributed by atoms with E-state index < -0.39 is 17.8 Å². The second kappa shape index (κ2) is 6.47. The number of alkyl halides is 2. The van der Waals surface area contributed by atoms with Gasteiger partial charge in [-0.05, 0) is 42.7 Å². The predicted octanol–water partition coefficient (Wildman–Crippen LogP) is 5.19. The number of carbonyl (C=O) groups excluding carboxylic acids is 1. The minimum Gasteiger partial charge on any atom is -0.435 e. The Kier molecular flexibility index (Phi) is 4.38. The van der Waals surface area contributed by atoms with Gasteiger partial charge in [0.25, 0.3) is 6.43 Å². The standard InChI is InChI=1S/C18H14F3NO2/c1-2-10-7-8-22-18(15(10)16(23)11-3-4-11)24-14-6-5-12(17(20)21)9-13(14)19/h2,5-9,11,17H,1,3-4H2. The first kappa shape index (κ1) is 16.2. The van der Waals surface area contributed by atoms with Gasteiger partial charge in [-0.25, -0.2) is 18.2 Å². The van der Waals surface area contributed by atoms with Crippen LogP contribution in [0.25, 0.3) is 6.08 Å². The molecular weight excluding hydrogens is 319 g/mol. The zero-order chi connectivity index (χ0) is 17.3. The van der Waals surface area contributed by atoms with E-state index in [2.05, 4.69) is 11.6 Å². The van der Waals surface area contributed by atoms with Gasteiger partial charge in [-0.3, -0.25) is 4.79 Å². The van der Waals surface area contributed by atoms with Crippen molar-refractivity contribution in [3.05, 3.63) is 59.5 Å². The highest BCUT2D eigenvalue weighted by Gasteiger charge is 2.34. The SMILES string of the molecule is C=Cc1ccnc(Oc2ccc(C(F)F)cc2F)c1C(=O)C1CC1. The van der Waals surface area contributed by atoms with Gasteiger partial charge in [0.05, 0.1) is 5.56 Å². The summed E-state index contributed by atoms with van der Waals surface area (Å²) >= 11 is 0. The molecule has 0 saturated heterocycles. The number of aromatic nitrogens is 1. The number of hydrogen-bond acceptors (Lipinski definition) is 3. The molecule has 3 rings (SSSR count). The Morgan fingerprint density at radius 1 is 1.33 bits per heavy atom. The molecule has 0 aliphatic heterocycles. The van der Waals surface area contributed by atoms with Crippen LogP contribution in [-0.4, -0.2) is 10.8 Å². The van der Waals surface area contributed by atoms with E-state index in [1.807, 2.05) is 0 Å². The average Bonchev–Trinajstić information content (AvgIpc) is 3.40. The molecule has 0 N–H and O–H groups in total. The van der Waals surface area contributed by atoms with Crippen molar-refractivity contribution in [1.82, 2.24) is 4.98 Å². The number of Topliss-reactive ketones (excluding diaryl/α,β-unsaturated/α-hetero) is 1. The first-order valence-electron chi connectivity index (χ1n) is 7.42. The summed E-state index contributed by atoms with van der Waals surface area (Å²) in [5, 5.41) is 0. The number of halogens is 3. The lowest BCUT2D eigenvalue weighted by Crippen LogP contribution is -2.08. The van der Waals surface area contributed by atoms with Gasteiger partial charge in [-0.2, -0.15) is 0 Å². The van der Waals surface area contributed by atoms with E-state index in [0.717, 1.165) is 25.0 Å². The van der Waals surface area contributed by atoms with E-state index in [-0.39, 0.29) is 28.9 Å². The summed E-state index contributed by atoms with van der Waals surface area (Å²) in [4.78, 5) is 16.5. The van der Waals surface area contributed by atoms with Crippen molar-refractivity contribution >= 4 is 11.9 Å². The Balaban J connectivity index is 1.98. The minimum atomic E-state index is -2.78. The van der Waals surface area contributed by atoms with Crippen LogP contribution in [0, 0.1) is 11.7 Å². The molecule has 0 atom stereocenters. The van der Waals surface area contributed by atoms with Gasteiger partial charge < -0.3 is 4.74 Å². The third kappa shape index (κ3) is 3.18. The highest BCUT2D eigenvalue weighted by atomic mass is 19.3. The van der Waals surface area contributed by atoms with Crippen molar-refractivity contribution in [3.8, 4) is 11.6 Å². The summed E-state index contributed by atoms with van der Waals surface area (Å²) in [6.07, 6.45) is 1.73. The Morgan fingerprint density at radius 3 is 2.67 bits per heavy atom. The van der Waals surface area contributed by atoms with Crippen molar-refractivity contribution < 1.29 is 22.7 Å². The van der Waals surface area contributed by atoms with Crippen molar-refractivity contribution in [1.29, 1.82) is 0 Å². The van der Waals surface area contributed by atoms with Crippen LogP contribution in [0.2, 0.25) is 0 Å². The molecule has 0 radical (unpaired) electrons. The van der Waals surface area contributed by atoms with Crippen LogP contribution in [0.5, 0.6) is 11.6 Å². The molecule has 0 unspecified atom stereocenters. The number of benzene rings is 1. The maximum absolute atomic E-state index is 14.0. The van der Waals surface area contributed by atoms with E-state index in [0.29, 0.717) is 11.6 Å². The van der Waals surface area contributed by atoms with E-state index >= 15 is 0 Å². The van der Waals surface area contributed by atoms with E-state index in [9.17, 15) is 18.0 Å². The maximum Gasteiger partial charge on any atom is 0.263 e. The predicted molar refractivity (Wildman–Crippen MR) is 82.8 cm³/mol. The first-order chi connectivity index (χ1) is 11.5. The zero-order valence-electron chi connectivity index (χ0n) is 12.6. The monoisotopic (exact) mass is 333 g/mol. The smallest absolute Gasteiger partial charge is 0.263 e. The fraction of sp³-hybridized carbons (Fsp3) is 0.222. The third-order valence-electron chi connectivity index (χ3n) is 3.78. The number of hydrogen-bond donors (Lipinski definition) is 0. The molecule has 124 valence electrons. The fourth-order valence-electron chi connectivity index (χ4n) is 2.34. The molecular formula is C18H14F3NO2. The summed E-state index contributed by atoms with van der Waals surface area (Å²) in [6, 6.07) is 4.50. The summed E-state index contributed by atoms with van der Waals surface area (Å²) in [7, 11) is 0. The van der Waals surface area contributed by atoms with Gasteiger partial charge in [0, 0.05) is 17.7 Å². The lowest BCUT2D eigenvalue weighted by Gasteiger charge is -2.12. The van der Waals surface area contributed by atoms with Crippen LogP contribution in [-0.2, 0) is 0 Å². The molecule has 1 aromatic heterocycles. The van der Waals surface area contributed by atoms with Gasteiger partial charge in [-0.1, -0.05) is 12.7 Å². The Bertz CT molecular complexity index is 801. The first-order valence-corrected chi connectivity index (χ1v) is 7.42. The fourth-order valence-corrected chi connectivity index (χ4v) is 2.34. The molecule has 1 aliphatic rings. The van der Waals surface area contributed by atoms with Crippen molar-refractivity contribution in [3.63, 3.8) is 0 Å². The number of nitrogens with zero attached hydrogens (tertiary/aromatic N) is 1. The number of carbonyl (C=O) groups is 1. The van der Waals surface area contributed by atoms with Gasteiger partial charge >= 0.3 is 0 Å². The summed E-state index contributed by atoms with van der Waals surface area (Å²) in [5.74, 6) is -1.46. The lowest BCUT2D eigenvalue weighted by molar-refractivity contribution is 0.0964. The summed E-state index contributed by atoms with van der Waals surface area (Å²) < 4.78 is 44.6. The van der Waals surface area contributed by atoms with Crippen molar-refractivity contribution in [2.45, 2.75) is 19.3 Å². The normalized spacial score (nSPS) is 13.8. The summed E-state index contributed by atoms with van der Waals surface area (Å²) in [5.41, 5.74) is 0.343. The van der Waals surface area contributed by atoms with Crippen LogP contribution in [0.3, 0.4) is 0 Å². The van der Waals surface area contributed by atoms with Crippen LogP contribution in [0.15, 0.2) is 37.0 Å². The Labute approximate surface area is 136 Å². The Morgan fingerprint density at radius 2 is 2.08 bits per heavy atom. The van der Waals surface area contributed by atoms with E-state index in [1.165, 1.54) is 12.3 Å². The quantitative estimate of drug-likeness (QED) is 0.683. The summed E-state index contributed by atoms with van der Waals surface area (Å²) in [6.45, 7) is 3.66. The van der Waals surface area contributed by atoms with Crippen molar-refractivity contribution in [2.75, 3.05) is 0 Å². The molecule has 1 fully saturated rings. The topological polar surface area (TPSA) is 39.2 Å². The van der Waals surface area contributed by atoms with Gasteiger partial charge in [-0.15, -0.1) is 0 Å². The van der Waals surface area contributed by atoms with Crippen LogP contribution >= 0.6 is 0 Å². The highest BCUT2D eigenvalue weighted by molar-refractivity contribution is 6.04. The van der Waals surface area contributed by atoms with Crippen LogP contribution in [0.1, 0.15) is 40.8 Å². The van der Waals surface area contributed by atoms with Gasteiger partial charge in [0.15, 0.2) is 17.3 Å². The molecule has 1 saturated carbocycles. The molecule has 0 amide bonds. The number of ketones is 1. The molecule has 3 nitrogen and oxygen atoms in total. The minimum absolute atomic E-state index is 0.0482. The lowest BCUT2D eigenvalue weighted by atomic mass is 10.0. The highest BCUT2D eigenvalue weighted by Crippen LogP contribution is 2.38. The van der Waals surface area contributed by atoms with Crippen LogP contribution in [0.4, 0.5) is 13.2 Å². The molecule has 6 heteroatoms. The third-order valence-corrected chi connectivity index (χ3v) is 3.78. The second-order valence-electron chi connectivity index (χ2n) is 5.52. The molecule has 1 heterocycles. The van der Waals surface area contributed by atoms with Gasteiger partial charge in [0.2, 0.25) is 5.88 Å². The average molecular weight is 333 g/mol. The number of rotatable bonds is 6. The largest absolute Gasteiger partial charge is 0.435 e.